The molecule has 0 saturated heterocycles. The van der Waals surface area contributed by atoms with Gasteiger partial charge in [-0.05, 0) is 111 Å². The Labute approximate surface area is 271 Å². The van der Waals surface area contributed by atoms with Crippen molar-refractivity contribution in [1.82, 2.24) is 15.4 Å². The molecule has 4 aromatic rings. The average molecular weight is 666 g/mol. The van der Waals surface area contributed by atoms with Crippen LogP contribution in [-0.4, -0.2) is 51.9 Å². The lowest BCUT2D eigenvalue weighted by molar-refractivity contribution is -0.117. The molecule has 47 heavy (non-hydrogen) atoms. The molecule has 13 heteroatoms. The van der Waals surface area contributed by atoms with Crippen LogP contribution in [0, 0.1) is 5.82 Å². The van der Waals surface area contributed by atoms with Crippen molar-refractivity contribution in [2.24, 2.45) is 0 Å². The Morgan fingerprint density at radius 3 is 2.19 bits per heavy atom. The Bertz CT molecular complexity index is 1910. The number of amides is 2. The van der Waals surface area contributed by atoms with Crippen LogP contribution in [0.1, 0.15) is 61.0 Å². The largest absolute Gasteiger partial charge is 0.457 e. The summed E-state index contributed by atoms with van der Waals surface area (Å²) in [5.41, 5.74) is 1.79. The first-order valence-electron chi connectivity index (χ1n) is 15.0. The van der Waals surface area contributed by atoms with Crippen LogP contribution < -0.4 is 20.1 Å². The van der Waals surface area contributed by atoms with Gasteiger partial charge in [0.05, 0.1) is 24.4 Å². The number of benzene rings is 3. The number of carbonyl (C=O) groups excluding carboxylic acids is 3. The third-order valence-electron chi connectivity index (χ3n) is 7.25. The summed E-state index contributed by atoms with van der Waals surface area (Å²) >= 11 is 0. The fraction of sp³-hybridized carbons (Fsp3) is 0.324. The smallest absolute Gasteiger partial charge is 0.408 e. The van der Waals surface area contributed by atoms with Gasteiger partial charge < -0.3 is 24.5 Å². The van der Waals surface area contributed by atoms with Gasteiger partial charge in [-0.25, -0.2) is 22.3 Å². The maximum absolute atomic E-state index is 13.3. The Kier molecular flexibility index (Phi) is 9.68. The molecule has 0 radical (unpaired) electrons. The van der Waals surface area contributed by atoms with Crippen LogP contribution in [0.2, 0.25) is 0 Å². The predicted molar refractivity (Wildman–Crippen MR) is 173 cm³/mol. The normalized spacial score (nSPS) is 13.3. The summed E-state index contributed by atoms with van der Waals surface area (Å²) in [6.07, 6.45) is 0.964. The first-order valence-corrected chi connectivity index (χ1v) is 16.7. The number of carbonyl (C=O) groups is 3. The highest BCUT2D eigenvalue weighted by Crippen LogP contribution is 2.45. The summed E-state index contributed by atoms with van der Waals surface area (Å²) in [6, 6.07) is 15.9. The third-order valence-corrected chi connectivity index (χ3v) is 8.53. The van der Waals surface area contributed by atoms with Crippen LogP contribution in [0.15, 0.2) is 65.1 Å². The number of hydrogen-bond donors (Lipinski definition) is 3. The molecule has 1 heterocycles. The zero-order chi connectivity index (χ0) is 33.9. The number of hydrogen-bond acceptors (Lipinski definition) is 8. The van der Waals surface area contributed by atoms with E-state index in [0.29, 0.717) is 44.9 Å². The number of alkyl carbamates (subject to hydrolysis) is 1. The van der Waals surface area contributed by atoms with Gasteiger partial charge >= 0.3 is 6.09 Å². The number of rotatable bonds is 12. The lowest BCUT2D eigenvalue weighted by Crippen LogP contribution is -2.39. The third kappa shape index (κ3) is 8.74. The molecule has 248 valence electrons. The Balaban J connectivity index is 1.37. The number of ether oxygens (including phenoxy) is 2. The molecule has 0 aliphatic heterocycles. The van der Waals surface area contributed by atoms with Crippen molar-refractivity contribution in [3.8, 4) is 22.8 Å². The van der Waals surface area contributed by atoms with Crippen molar-refractivity contribution >= 4 is 38.8 Å². The molecule has 5 rings (SSSR count). The number of Topliss-reactive ketones (excluding diaryl/α,β-unsaturated/α-hetero) is 1. The molecule has 0 unspecified atom stereocenters. The molecule has 1 aliphatic rings. The molecule has 0 bridgehead atoms. The second-order valence-electron chi connectivity index (χ2n) is 12.3. The molecule has 11 nitrogen and oxygen atoms in total. The summed E-state index contributed by atoms with van der Waals surface area (Å²) in [5, 5.41) is 5.53. The molecule has 1 saturated carbocycles. The zero-order valence-corrected chi connectivity index (χ0v) is 27.3. The number of furan rings is 1. The van der Waals surface area contributed by atoms with E-state index in [1.807, 2.05) is 6.07 Å². The lowest BCUT2D eigenvalue weighted by atomic mass is 9.98. The van der Waals surface area contributed by atoms with Gasteiger partial charge in [-0.1, -0.05) is 0 Å². The first-order chi connectivity index (χ1) is 22.2. The van der Waals surface area contributed by atoms with Crippen LogP contribution in [0.25, 0.3) is 22.3 Å². The molecule has 3 N–H and O–H groups in total. The van der Waals surface area contributed by atoms with E-state index in [0.717, 1.165) is 18.4 Å². The quantitative estimate of drug-likeness (QED) is 0.172. The zero-order valence-electron chi connectivity index (χ0n) is 26.4. The van der Waals surface area contributed by atoms with Crippen LogP contribution in [0.4, 0.5) is 9.18 Å². The number of fused-ring (bicyclic) bond motifs is 1. The van der Waals surface area contributed by atoms with Gasteiger partial charge in [-0.2, -0.15) is 0 Å². The van der Waals surface area contributed by atoms with Crippen LogP contribution >= 0.6 is 0 Å². The van der Waals surface area contributed by atoms with E-state index in [4.69, 9.17) is 13.9 Å². The summed E-state index contributed by atoms with van der Waals surface area (Å²) < 4.78 is 58.8. The van der Waals surface area contributed by atoms with E-state index < -0.39 is 46.3 Å². The maximum atomic E-state index is 13.3. The highest BCUT2D eigenvalue weighted by atomic mass is 32.2. The van der Waals surface area contributed by atoms with Gasteiger partial charge in [-0.15, -0.1) is 0 Å². The van der Waals surface area contributed by atoms with Gasteiger partial charge in [0.15, 0.2) is 5.78 Å². The van der Waals surface area contributed by atoms with E-state index in [2.05, 4.69) is 15.4 Å². The van der Waals surface area contributed by atoms with Crippen LogP contribution in [-0.2, 0) is 25.3 Å². The average Bonchev–Trinajstić information content (AvgIpc) is 3.79. The Morgan fingerprint density at radius 1 is 0.957 bits per heavy atom. The highest BCUT2D eigenvalue weighted by molar-refractivity contribution is 7.88. The number of nitrogens with one attached hydrogen (secondary N) is 3. The molecule has 3 aromatic carbocycles. The second-order valence-corrected chi connectivity index (χ2v) is 14.1. The van der Waals surface area contributed by atoms with Crippen molar-refractivity contribution in [3.63, 3.8) is 0 Å². The topological polar surface area (TPSA) is 153 Å². The van der Waals surface area contributed by atoms with Crippen molar-refractivity contribution in [2.75, 3.05) is 20.1 Å². The van der Waals surface area contributed by atoms with Crippen molar-refractivity contribution in [3.05, 3.63) is 83.2 Å². The Hall–Kier alpha value is -4.75. The highest BCUT2D eigenvalue weighted by Gasteiger charge is 2.31. The van der Waals surface area contributed by atoms with Gasteiger partial charge in [0.2, 0.25) is 10.0 Å². The van der Waals surface area contributed by atoms with E-state index in [1.54, 1.807) is 51.1 Å². The second kappa shape index (κ2) is 13.5. The minimum atomic E-state index is -3.97. The van der Waals surface area contributed by atoms with Crippen molar-refractivity contribution < 1.29 is 41.1 Å². The molecular weight excluding hydrogens is 629 g/mol. The van der Waals surface area contributed by atoms with Crippen molar-refractivity contribution in [2.45, 2.75) is 50.9 Å². The molecule has 1 aliphatic carbocycles. The van der Waals surface area contributed by atoms with E-state index in [9.17, 15) is 27.2 Å². The summed E-state index contributed by atoms with van der Waals surface area (Å²) in [5.74, 6) is -0.319. The standard InChI is InChI=1S/C34H36FN3O8S/c1-34(2,3)46-33(41)37-17-24(39)18-38-47(42,43)19-22-15-29-28(16-27(22)20-5-6-20)30(32(40)36-4)31(45-29)21-7-11-25(12-8-21)44-26-13-9-23(35)10-14-26/h7-16,20,38H,5-6,17-19H2,1-4H3,(H,36,40)(H,37,41). The fourth-order valence-corrected chi connectivity index (χ4v) is 6.10. The fourth-order valence-electron chi connectivity index (χ4n) is 4.96. The summed E-state index contributed by atoms with van der Waals surface area (Å²) in [4.78, 5) is 37.3. The minimum Gasteiger partial charge on any atom is -0.457 e. The van der Waals surface area contributed by atoms with Crippen LogP contribution in [0.5, 0.6) is 11.5 Å². The monoisotopic (exact) mass is 665 g/mol. The summed E-state index contributed by atoms with van der Waals surface area (Å²) in [7, 11) is -2.46. The van der Waals surface area contributed by atoms with Gasteiger partial charge in [-0.3, -0.25) is 9.59 Å². The number of sulfonamides is 1. The summed E-state index contributed by atoms with van der Waals surface area (Å²) in [6.45, 7) is 4.15. The Morgan fingerprint density at radius 2 is 1.60 bits per heavy atom. The van der Waals surface area contributed by atoms with E-state index in [1.165, 1.54) is 31.3 Å². The number of halogens is 1. The van der Waals surface area contributed by atoms with Gasteiger partial charge in [0.1, 0.15) is 34.3 Å². The minimum absolute atomic E-state index is 0.128. The molecule has 0 spiro atoms. The maximum Gasteiger partial charge on any atom is 0.408 e. The lowest BCUT2D eigenvalue weighted by Gasteiger charge is -2.19. The number of ketones is 1. The molecule has 1 fully saturated rings. The van der Waals surface area contributed by atoms with Gasteiger partial charge in [0.25, 0.3) is 5.91 Å². The van der Waals surface area contributed by atoms with Gasteiger partial charge in [0, 0.05) is 18.0 Å². The predicted octanol–water partition coefficient (Wildman–Crippen LogP) is 5.78. The SMILES string of the molecule is CNC(=O)c1c(-c2ccc(Oc3ccc(F)cc3)cc2)oc2cc(CS(=O)(=O)NCC(=O)CNC(=O)OC(C)(C)C)c(C3CC3)cc12. The van der Waals surface area contributed by atoms with Crippen molar-refractivity contribution in [1.29, 1.82) is 0 Å². The van der Waals surface area contributed by atoms with E-state index in [-0.39, 0.29) is 17.6 Å². The van der Waals surface area contributed by atoms with E-state index >= 15 is 0 Å². The molecular formula is C34H36FN3O8S. The molecule has 2 amide bonds. The molecule has 1 aromatic heterocycles. The first kappa shape index (κ1) is 33.6. The van der Waals surface area contributed by atoms with Crippen LogP contribution in [0.3, 0.4) is 0 Å². The molecule has 0 atom stereocenters.